The summed E-state index contributed by atoms with van der Waals surface area (Å²) in [5.41, 5.74) is 0.704. The smallest absolute Gasteiger partial charge is 0.237 e. The lowest BCUT2D eigenvalue weighted by Gasteiger charge is -2.11. The largest absolute Gasteiger partial charge is 0.325 e. The summed E-state index contributed by atoms with van der Waals surface area (Å²) in [6.45, 7) is 2.42. The maximum Gasteiger partial charge on any atom is 0.237 e. The van der Waals surface area contributed by atoms with Crippen molar-refractivity contribution in [2.45, 2.75) is 23.9 Å². The third kappa shape index (κ3) is 4.34. The summed E-state index contributed by atoms with van der Waals surface area (Å²) in [6.07, 6.45) is 0. The normalized spacial score (nSPS) is 12.1. The van der Waals surface area contributed by atoms with E-state index in [1.165, 1.54) is 11.8 Å². The summed E-state index contributed by atoms with van der Waals surface area (Å²) in [5, 5.41) is 17.5. The Balaban J connectivity index is 1.62. The number of amides is 1. The van der Waals surface area contributed by atoms with Crippen molar-refractivity contribution in [3.63, 3.8) is 0 Å². The summed E-state index contributed by atoms with van der Waals surface area (Å²) >= 11 is 8.81. The predicted octanol–water partition coefficient (Wildman–Crippen LogP) is 3.56. The number of aromatic nitrogens is 4. The molecule has 0 saturated heterocycles. The average molecular weight is 380 g/mol. The number of halogens is 1. The molecule has 0 aliphatic heterocycles. The fourth-order valence-electron chi connectivity index (χ4n) is 1.92. The van der Waals surface area contributed by atoms with Crippen molar-refractivity contribution in [1.29, 1.82) is 0 Å². The maximum absolute atomic E-state index is 12.3. The standard InChI is InChI=1S/C15H14ClN5OS2/c1-10(14(22)17-12-6-4-11(16)5-7-12)24-15-18-19-20-21(15)9-13-3-2-8-23-13/h2-8,10H,9H2,1H3,(H,17,22). The third-order valence-electron chi connectivity index (χ3n) is 3.15. The molecule has 9 heteroatoms. The number of thiophene rings is 1. The van der Waals surface area contributed by atoms with E-state index in [1.807, 2.05) is 24.4 Å². The number of nitrogens with zero attached hydrogens (tertiary/aromatic N) is 4. The molecule has 3 aromatic rings. The maximum atomic E-state index is 12.3. The summed E-state index contributed by atoms with van der Waals surface area (Å²) in [5.74, 6) is -0.118. The first-order valence-corrected chi connectivity index (χ1v) is 9.27. The van der Waals surface area contributed by atoms with Crippen molar-refractivity contribution in [1.82, 2.24) is 20.2 Å². The van der Waals surface area contributed by atoms with Crippen LogP contribution < -0.4 is 5.32 Å². The number of hydrogen-bond acceptors (Lipinski definition) is 6. The Morgan fingerprint density at radius 3 is 2.88 bits per heavy atom. The van der Waals surface area contributed by atoms with E-state index in [1.54, 1.807) is 40.3 Å². The zero-order valence-electron chi connectivity index (χ0n) is 12.7. The molecule has 2 aromatic heterocycles. The van der Waals surface area contributed by atoms with Crippen LogP contribution in [0.4, 0.5) is 5.69 Å². The van der Waals surface area contributed by atoms with Crippen molar-refractivity contribution in [3.05, 3.63) is 51.7 Å². The van der Waals surface area contributed by atoms with Gasteiger partial charge in [0.05, 0.1) is 11.8 Å². The van der Waals surface area contributed by atoms with Crippen LogP contribution in [-0.2, 0) is 11.3 Å². The number of carbonyl (C=O) groups excluding carboxylic acids is 1. The Morgan fingerprint density at radius 2 is 2.17 bits per heavy atom. The first kappa shape index (κ1) is 16.9. The van der Waals surface area contributed by atoms with Crippen LogP contribution in [0, 0.1) is 0 Å². The zero-order valence-corrected chi connectivity index (χ0v) is 15.1. The van der Waals surface area contributed by atoms with Gasteiger partial charge in [-0.25, -0.2) is 4.68 Å². The number of anilines is 1. The number of rotatable bonds is 6. The zero-order chi connectivity index (χ0) is 16.9. The van der Waals surface area contributed by atoms with E-state index in [9.17, 15) is 4.79 Å². The molecule has 0 aliphatic rings. The molecule has 0 aliphatic carbocycles. The number of hydrogen-bond donors (Lipinski definition) is 1. The van der Waals surface area contributed by atoms with Crippen LogP contribution in [-0.4, -0.2) is 31.4 Å². The lowest BCUT2D eigenvalue weighted by molar-refractivity contribution is -0.115. The molecule has 1 atom stereocenters. The fourth-order valence-corrected chi connectivity index (χ4v) is 3.52. The lowest BCUT2D eigenvalue weighted by Crippen LogP contribution is -2.23. The number of benzene rings is 1. The first-order chi connectivity index (χ1) is 11.6. The highest BCUT2D eigenvalue weighted by molar-refractivity contribution is 8.00. The molecule has 124 valence electrons. The van der Waals surface area contributed by atoms with E-state index in [4.69, 9.17) is 11.6 Å². The van der Waals surface area contributed by atoms with Crippen LogP contribution in [0.3, 0.4) is 0 Å². The molecule has 3 rings (SSSR count). The van der Waals surface area contributed by atoms with Gasteiger partial charge < -0.3 is 5.32 Å². The summed E-state index contributed by atoms with van der Waals surface area (Å²) in [4.78, 5) is 13.5. The van der Waals surface area contributed by atoms with Gasteiger partial charge in [-0.3, -0.25) is 4.79 Å². The van der Waals surface area contributed by atoms with E-state index in [-0.39, 0.29) is 11.2 Å². The molecule has 0 spiro atoms. The molecule has 2 heterocycles. The van der Waals surface area contributed by atoms with Crippen molar-refractivity contribution in [2.75, 3.05) is 5.32 Å². The molecule has 24 heavy (non-hydrogen) atoms. The lowest BCUT2D eigenvalue weighted by atomic mass is 10.3. The highest BCUT2D eigenvalue weighted by atomic mass is 35.5. The monoisotopic (exact) mass is 379 g/mol. The van der Waals surface area contributed by atoms with E-state index in [0.717, 1.165) is 4.88 Å². The van der Waals surface area contributed by atoms with Crippen LogP contribution >= 0.6 is 34.7 Å². The molecule has 1 N–H and O–H groups in total. The van der Waals surface area contributed by atoms with Gasteiger partial charge in [0.1, 0.15) is 0 Å². The molecule has 0 saturated carbocycles. The van der Waals surface area contributed by atoms with E-state index < -0.39 is 0 Å². The number of nitrogens with one attached hydrogen (secondary N) is 1. The van der Waals surface area contributed by atoms with Crippen molar-refractivity contribution in [3.8, 4) is 0 Å². The average Bonchev–Trinajstić information content (AvgIpc) is 3.22. The van der Waals surface area contributed by atoms with E-state index in [0.29, 0.717) is 22.4 Å². The second-order valence-corrected chi connectivity index (χ2v) is 7.73. The number of thioether (sulfide) groups is 1. The SMILES string of the molecule is CC(Sc1nnnn1Cc1cccs1)C(=O)Nc1ccc(Cl)cc1. The second-order valence-electron chi connectivity index (χ2n) is 4.95. The molecule has 1 aromatic carbocycles. The van der Waals surface area contributed by atoms with E-state index >= 15 is 0 Å². The minimum Gasteiger partial charge on any atom is -0.325 e. The molecule has 6 nitrogen and oxygen atoms in total. The molecule has 1 amide bonds. The quantitative estimate of drug-likeness (QED) is 0.663. The van der Waals surface area contributed by atoms with Gasteiger partial charge in [0.15, 0.2) is 0 Å². The summed E-state index contributed by atoms with van der Waals surface area (Å²) in [7, 11) is 0. The predicted molar refractivity (Wildman–Crippen MR) is 96.6 cm³/mol. The van der Waals surface area contributed by atoms with Gasteiger partial charge in [-0.2, -0.15) is 0 Å². The van der Waals surface area contributed by atoms with Crippen LogP contribution in [0.15, 0.2) is 46.9 Å². The second kappa shape index (κ2) is 7.78. The van der Waals surface area contributed by atoms with E-state index in [2.05, 4.69) is 20.8 Å². The first-order valence-electron chi connectivity index (χ1n) is 7.13. The van der Waals surface area contributed by atoms with Crippen LogP contribution in [0.2, 0.25) is 5.02 Å². The highest BCUT2D eigenvalue weighted by Gasteiger charge is 2.19. The molecular weight excluding hydrogens is 366 g/mol. The fraction of sp³-hybridized carbons (Fsp3) is 0.200. The van der Waals surface area contributed by atoms with Gasteiger partial charge in [-0.05, 0) is 53.1 Å². The van der Waals surface area contributed by atoms with Gasteiger partial charge in [-0.1, -0.05) is 29.4 Å². The van der Waals surface area contributed by atoms with Gasteiger partial charge >= 0.3 is 0 Å². The molecular formula is C15H14ClN5OS2. The number of tetrazole rings is 1. The number of carbonyl (C=O) groups is 1. The van der Waals surface area contributed by atoms with Gasteiger partial charge in [0, 0.05) is 15.6 Å². The Morgan fingerprint density at radius 1 is 1.38 bits per heavy atom. The summed E-state index contributed by atoms with van der Waals surface area (Å²) < 4.78 is 1.70. The minimum absolute atomic E-state index is 0.118. The molecule has 0 fully saturated rings. The Labute approximate surface area is 152 Å². The topological polar surface area (TPSA) is 72.7 Å². The molecule has 1 unspecified atom stereocenters. The Hall–Kier alpha value is -1.90. The van der Waals surface area contributed by atoms with Crippen LogP contribution in [0.1, 0.15) is 11.8 Å². The summed E-state index contributed by atoms with van der Waals surface area (Å²) in [6, 6.07) is 11.0. The highest BCUT2D eigenvalue weighted by Crippen LogP contribution is 2.23. The minimum atomic E-state index is -0.339. The van der Waals surface area contributed by atoms with Gasteiger partial charge in [-0.15, -0.1) is 16.4 Å². The Kier molecular flexibility index (Phi) is 5.49. The van der Waals surface area contributed by atoms with Gasteiger partial charge in [0.25, 0.3) is 0 Å². The van der Waals surface area contributed by atoms with Gasteiger partial charge in [0.2, 0.25) is 11.1 Å². The Bertz CT molecular complexity index is 804. The van der Waals surface area contributed by atoms with Crippen molar-refractivity contribution in [2.24, 2.45) is 0 Å². The molecule has 0 radical (unpaired) electrons. The van der Waals surface area contributed by atoms with Crippen molar-refractivity contribution < 1.29 is 4.79 Å². The van der Waals surface area contributed by atoms with Crippen molar-refractivity contribution >= 4 is 46.3 Å². The van der Waals surface area contributed by atoms with Crippen LogP contribution in [0.25, 0.3) is 0 Å². The van der Waals surface area contributed by atoms with Crippen LogP contribution in [0.5, 0.6) is 0 Å². The molecule has 0 bridgehead atoms. The third-order valence-corrected chi connectivity index (χ3v) is 5.33.